The predicted octanol–water partition coefficient (Wildman–Crippen LogP) is -4.23. The van der Waals surface area contributed by atoms with Crippen molar-refractivity contribution in [1.82, 2.24) is 9.80 Å². The average molecular weight is 713 g/mol. The van der Waals surface area contributed by atoms with Crippen LogP contribution in [0.3, 0.4) is 0 Å². The molecule has 0 aliphatic carbocycles. The Labute approximate surface area is 173 Å². The molecule has 0 rings (SSSR count). The van der Waals surface area contributed by atoms with Gasteiger partial charge in [-0.1, -0.05) is 0 Å². The summed E-state index contributed by atoms with van der Waals surface area (Å²) in [5, 5.41) is 50.9. The maximum absolute atomic E-state index is 8.48. The SMILES string of the molecule is OCCN(CCO)CCO.OCCN(CCO)CCO.[Pb].[Pb]. The van der Waals surface area contributed by atoms with Gasteiger partial charge in [0.25, 0.3) is 0 Å². The molecule has 8 radical (unpaired) electrons. The van der Waals surface area contributed by atoms with Crippen LogP contribution < -0.4 is 0 Å². The van der Waals surface area contributed by atoms with Crippen LogP contribution in [0.2, 0.25) is 0 Å². The second-order valence-electron chi connectivity index (χ2n) is 4.02. The smallest absolute Gasteiger partial charge is 0.0558 e. The summed E-state index contributed by atoms with van der Waals surface area (Å²) in [6.45, 7) is 3.51. The van der Waals surface area contributed by atoms with Crippen LogP contribution in [0.25, 0.3) is 0 Å². The van der Waals surface area contributed by atoms with E-state index in [1.54, 1.807) is 9.80 Å². The minimum Gasteiger partial charge on any atom is -0.395 e. The van der Waals surface area contributed by atoms with Gasteiger partial charge in [-0.15, -0.1) is 0 Å². The molecule has 0 aromatic heterocycles. The minimum atomic E-state index is 0. The first kappa shape index (κ1) is 31.3. The van der Waals surface area contributed by atoms with Crippen LogP contribution in [0.15, 0.2) is 0 Å². The number of aliphatic hydroxyl groups is 6. The van der Waals surface area contributed by atoms with Crippen molar-refractivity contribution in [2.75, 3.05) is 78.9 Å². The molecule has 0 aliphatic heterocycles. The van der Waals surface area contributed by atoms with Gasteiger partial charge >= 0.3 is 0 Å². The number of rotatable bonds is 12. The first-order valence-electron chi connectivity index (χ1n) is 6.79. The molecule has 0 fully saturated rings. The molecule has 0 saturated carbocycles. The van der Waals surface area contributed by atoms with E-state index >= 15 is 0 Å². The third kappa shape index (κ3) is 23.8. The Hall–Kier alpha value is 1.52. The van der Waals surface area contributed by atoms with E-state index in [1.807, 2.05) is 0 Å². The zero-order valence-electron chi connectivity index (χ0n) is 13.1. The minimum absolute atomic E-state index is 0. The van der Waals surface area contributed by atoms with Crippen molar-refractivity contribution in [2.45, 2.75) is 0 Å². The summed E-state index contributed by atoms with van der Waals surface area (Å²) < 4.78 is 0. The molecule has 0 heterocycles. The number of nitrogens with zero attached hydrogens (tertiary/aromatic N) is 2. The molecule has 0 aliphatic rings. The zero-order chi connectivity index (χ0) is 15.6. The second-order valence-corrected chi connectivity index (χ2v) is 4.02. The van der Waals surface area contributed by atoms with E-state index in [-0.39, 0.29) is 94.2 Å². The van der Waals surface area contributed by atoms with Gasteiger partial charge in [0.2, 0.25) is 0 Å². The third-order valence-corrected chi connectivity index (χ3v) is 2.50. The molecule has 6 N–H and O–H groups in total. The Kier molecular flexibility index (Phi) is 39.0. The van der Waals surface area contributed by atoms with Gasteiger partial charge < -0.3 is 30.6 Å². The molecule has 0 unspecified atom stereocenters. The molecule has 0 saturated heterocycles. The van der Waals surface area contributed by atoms with E-state index in [0.29, 0.717) is 39.3 Å². The van der Waals surface area contributed by atoms with Gasteiger partial charge in [0.15, 0.2) is 0 Å². The van der Waals surface area contributed by atoms with Crippen molar-refractivity contribution < 1.29 is 30.6 Å². The maximum atomic E-state index is 8.48. The zero-order valence-corrected chi connectivity index (χ0v) is 20.8. The molecule has 0 bridgehead atoms. The molecule has 8 nitrogen and oxygen atoms in total. The summed E-state index contributed by atoms with van der Waals surface area (Å²) in [7, 11) is 0. The van der Waals surface area contributed by atoms with E-state index in [9.17, 15) is 0 Å². The van der Waals surface area contributed by atoms with Crippen molar-refractivity contribution in [2.24, 2.45) is 0 Å². The van der Waals surface area contributed by atoms with Crippen LogP contribution in [0, 0.1) is 0 Å². The Morgan fingerprint density at radius 1 is 0.364 bits per heavy atom. The van der Waals surface area contributed by atoms with Crippen molar-refractivity contribution in [3.05, 3.63) is 0 Å². The fourth-order valence-electron chi connectivity index (χ4n) is 1.52. The van der Waals surface area contributed by atoms with Crippen molar-refractivity contribution >= 4 is 54.6 Å². The summed E-state index contributed by atoms with van der Waals surface area (Å²) >= 11 is 0. The Morgan fingerprint density at radius 2 is 0.500 bits per heavy atom. The molecule has 0 aromatic rings. The summed E-state index contributed by atoms with van der Waals surface area (Å²) in [4.78, 5) is 3.58. The molecule has 10 heteroatoms. The number of aliphatic hydroxyl groups excluding tert-OH is 6. The van der Waals surface area contributed by atoms with Gasteiger partial charge in [0.1, 0.15) is 0 Å². The predicted molar refractivity (Wildman–Crippen MR) is 86.9 cm³/mol. The number of hydrogen-bond acceptors (Lipinski definition) is 8. The summed E-state index contributed by atoms with van der Waals surface area (Å²) in [6, 6.07) is 0. The van der Waals surface area contributed by atoms with Crippen LogP contribution in [0.1, 0.15) is 0 Å². The van der Waals surface area contributed by atoms with E-state index in [4.69, 9.17) is 30.6 Å². The molecule has 0 amide bonds. The molecule has 132 valence electrons. The van der Waals surface area contributed by atoms with Crippen molar-refractivity contribution in [3.8, 4) is 0 Å². The standard InChI is InChI=1S/2C6H15NO3.2Pb/c2*8-4-1-7(2-5-9)3-6-10;;/h2*8-10H,1-6H2;;. The van der Waals surface area contributed by atoms with Crippen molar-refractivity contribution in [1.29, 1.82) is 0 Å². The fourth-order valence-corrected chi connectivity index (χ4v) is 1.52. The molecule has 22 heavy (non-hydrogen) atoms. The molecular formula is C12H30N2O6Pb2. The fraction of sp³-hybridized carbons (Fsp3) is 1.00. The second kappa shape index (κ2) is 27.4. The summed E-state index contributed by atoms with van der Waals surface area (Å²) in [5.41, 5.74) is 0. The molecule has 0 spiro atoms. The van der Waals surface area contributed by atoms with Crippen LogP contribution in [0.4, 0.5) is 0 Å². The summed E-state index contributed by atoms with van der Waals surface area (Å²) in [6.07, 6.45) is 0. The Morgan fingerprint density at radius 3 is 0.591 bits per heavy atom. The quantitative estimate of drug-likeness (QED) is 0.113. The normalized spacial score (nSPS) is 9.82. The first-order valence-corrected chi connectivity index (χ1v) is 6.79. The van der Waals surface area contributed by atoms with E-state index < -0.39 is 0 Å². The monoisotopic (exact) mass is 714 g/mol. The Balaban J connectivity index is -0.000000135. The van der Waals surface area contributed by atoms with Gasteiger partial charge in [-0.25, -0.2) is 0 Å². The van der Waals surface area contributed by atoms with E-state index in [0.717, 1.165) is 0 Å². The van der Waals surface area contributed by atoms with Crippen LogP contribution in [-0.2, 0) is 0 Å². The molecule has 0 aromatic carbocycles. The van der Waals surface area contributed by atoms with Crippen molar-refractivity contribution in [3.63, 3.8) is 0 Å². The van der Waals surface area contributed by atoms with Crippen LogP contribution in [0.5, 0.6) is 0 Å². The first-order chi connectivity index (χ1) is 9.69. The molecule has 0 atom stereocenters. The Bertz CT molecular complexity index is 139. The van der Waals surface area contributed by atoms with Gasteiger partial charge in [0, 0.05) is 93.9 Å². The third-order valence-electron chi connectivity index (χ3n) is 2.50. The topological polar surface area (TPSA) is 128 Å². The largest absolute Gasteiger partial charge is 0.395 e. The molecular weight excluding hydrogens is 683 g/mol. The number of hydrogen-bond donors (Lipinski definition) is 6. The van der Waals surface area contributed by atoms with Crippen LogP contribution in [-0.4, -0.2) is 174 Å². The van der Waals surface area contributed by atoms with Gasteiger partial charge in [-0.3, -0.25) is 9.80 Å². The van der Waals surface area contributed by atoms with Gasteiger partial charge in [0.05, 0.1) is 39.6 Å². The van der Waals surface area contributed by atoms with E-state index in [2.05, 4.69) is 0 Å². The van der Waals surface area contributed by atoms with E-state index in [1.165, 1.54) is 0 Å². The van der Waals surface area contributed by atoms with Gasteiger partial charge in [-0.05, 0) is 0 Å². The average Bonchev–Trinajstić information content (AvgIpc) is 2.41. The van der Waals surface area contributed by atoms with Gasteiger partial charge in [-0.2, -0.15) is 0 Å². The summed E-state index contributed by atoms with van der Waals surface area (Å²) in [5.74, 6) is 0. The maximum Gasteiger partial charge on any atom is 0.0558 e. The van der Waals surface area contributed by atoms with Crippen LogP contribution >= 0.6 is 0 Å².